The van der Waals surface area contributed by atoms with Crippen molar-refractivity contribution in [3.63, 3.8) is 0 Å². The zero-order chi connectivity index (χ0) is 13.5. The number of halogens is 1. The predicted octanol–water partition coefficient (Wildman–Crippen LogP) is 1.72. The normalized spacial score (nSPS) is 10.7. The molecule has 0 heterocycles. The molecule has 0 aliphatic carbocycles. The lowest BCUT2D eigenvalue weighted by atomic mass is 10.2. The number of esters is 1. The van der Waals surface area contributed by atoms with E-state index in [1.54, 1.807) is 25.3 Å². The summed E-state index contributed by atoms with van der Waals surface area (Å²) in [4.78, 5) is 21.8. The zero-order valence-corrected chi connectivity index (χ0v) is 11.5. The highest BCUT2D eigenvalue weighted by Crippen LogP contribution is 2.24. The van der Waals surface area contributed by atoms with E-state index in [4.69, 9.17) is 4.74 Å². The topological polar surface area (TPSA) is 64.6 Å². The Hall–Kier alpha value is -1.82. The van der Waals surface area contributed by atoms with Crippen molar-refractivity contribution in [3.05, 3.63) is 33.9 Å². The third-order valence-corrected chi connectivity index (χ3v) is 2.81. The summed E-state index contributed by atoms with van der Waals surface area (Å²) in [6.07, 6.45) is 1.92. The van der Waals surface area contributed by atoms with E-state index in [0.29, 0.717) is 17.7 Å². The highest BCUT2D eigenvalue weighted by atomic mass is 79.9. The van der Waals surface area contributed by atoms with Crippen LogP contribution >= 0.6 is 15.9 Å². The first-order chi connectivity index (χ1) is 8.62. The molecule has 1 N–H and O–H groups in total. The minimum Gasteiger partial charge on any atom is -0.497 e. The Morgan fingerprint density at radius 2 is 2.11 bits per heavy atom. The Morgan fingerprint density at radius 1 is 1.39 bits per heavy atom. The maximum atomic E-state index is 11.4. The van der Waals surface area contributed by atoms with Gasteiger partial charge in [-0.3, -0.25) is 4.79 Å². The number of benzene rings is 1. The van der Waals surface area contributed by atoms with E-state index in [2.05, 4.69) is 26.0 Å². The van der Waals surface area contributed by atoms with Crippen LogP contribution in [0.5, 0.6) is 5.75 Å². The molecule has 0 aliphatic heterocycles. The molecule has 0 radical (unpaired) electrons. The molecule has 6 heteroatoms. The lowest BCUT2D eigenvalue weighted by Gasteiger charge is -2.06. The van der Waals surface area contributed by atoms with Gasteiger partial charge in [-0.25, -0.2) is 4.79 Å². The summed E-state index contributed by atoms with van der Waals surface area (Å²) in [5.74, 6) is 0.0619. The largest absolute Gasteiger partial charge is 0.497 e. The lowest BCUT2D eigenvalue weighted by molar-refractivity contribution is -0.137. The highest BCUT2D eigenvalue weighted by Gasteiger charge is 2.10. The fourth-order valence-electron chi connectivity index (χ4n) is 1.24. The van der Waals surface area contributed by atoms with Crippen LogP contribution in [0.3, 0.4) is 0 Å². The number of ether oxygens (including phenoxy) is 2. The van der Waals surface area contributed by atoms with Gasteiger partial charge in [-0.2, -0.15) is 0 Å². The maximum absolute atomic E-state index is 11.4. The molecule has 0 bridgehead atoms. The van der Waals surface area contributed by atoms with Crippen LogP contribution in [0.15, 0.2) is 28.4 Å². The molecule has 0 saturated heterocycles. The quantitative estimate of drug-likeness (QED) is 0.510. The molecule has 96 valence electrons. The maximum Gasteiger partial charge on any atom is 0.354 e. The molecular weight excluding hydrogens is 302 g/mol. The average molecular weight is 314 g/mol. The van der Waals surface area contributed by atoms with Crippen LogP contribution in [0.4, 0.5) is 0 Å². The number of carbonyl (C=O) groups is 2. The van der Waals surface area contributed by atoms with Crippen LogP contribution in [0, 0.1) is 0 Å². The molecule has 1 rings (SSSR count). The van der Waals surface area contributed by atoms with Gasteiger partial charge < -0.3 is 14.8 Å². The summed E-state index contributed by atoms with van der Waals surface area (Å²) in [6.45, 7) is 0. The molecule has 1 aromatic carbocycles. The standard InChI is InChI=1S/C12H12BrNO4/c1-17-9-4-3-8(10(13)6-9)5-11(14-7-15)12(16)18-2/h3-7H,1-2H3,(H,14,15)/b11-5-. The van der Waals surface area contributed by atoms with Crippen molar-refractivity contribution in [2.24, 2.45) is 0 Å². The second kappa shape index (κ2) is 6.80. The highest BCUT2D eigenvalue weighted by molar-refractivity contribution is 9.10. The summed E-state index contributed by atoms with van der Waals surface area (Å²) in [5.41, 5.74) is 0.768. The van der Waals surface area contributed by atoms with Gasteiger partial charge in [0.2, 0.25) is 6.41 Å². The lowest BCUT2D eigenvalue weighted by Crippen LogP contribution is -2.19. The zero-order valence-electron chi connectivity index (χ0n) is 9.90. The molecule has 18 heavy (non-hydrogen) atoms. The summed E-state index contributed by atoms with van der Waals surface area (Å²) in [7, 11) is 2.80. The number of rotatable bonds is 5. The molecule has 0 unspecified atom stereocenters. The number of nitrogens with one attached hydrogen (secondary N) is 1. The van der Waals surface area contributed by atoms with Gasteiger partial charge in [0.25, 0.3) is 0 Å². The van der Waals surface area contributed by atoms with Gasteiger partial charge in [-0.15, -0.1) is 0 Å². The van der Waals surface area contributed by atoms with Gasteiger partial charge in [0.05, 0.1) is 14.2 Å². The van der Waals surface area contributed by atoms with E-state index in [1.807, 2.05) is 0 Å². The fraction of sp³-hybridized carbons (Fsp3) is 0.167. The Bertz CT molecular complexity index is 485. The van der Waals surface area contributed by atoms with Gasteiger partial charge in [-0.1, -0.05) is 22.0 Å². The van der Waals surface area contributed by atoms with E-state index in [0.717, 1.165) is 4.47 Å². The summed E-state index contributed by atoms with van der Waals surface area (Å²) < 4.78 is 10.3. The van der Waals surface area contributed by atoms with Crippen LogP contribution in [0.25, 0.3) is 6.08 Å². The SMILES string of the molecule is COC(=O)/C(=C/c1ccc(OC)cc1Br)NC=O. The molecule has 0 spiro atoms. The third-order valence-electron chi connectivity index (χ3n) is 2.13. The number of methoxy groups -OCH3 is 2. The van der Waals surface area contributed by atoms with E-state index < -0.39 is 5.97 Å². The van der Waals surface area contributed by atoms with Crippen LogP contribution in [-0.2, 0) is 14.3 Å². The van der Waals surface area contributed by atoms with Crippen molar-refractivity contribution in [2.75, 3.05) is 14.2 Å². The Kier molecular flexibility index (Phi) is 5.38. The van der Waals surface area contributed by atoms with Crippen LogP contribution in [0.2, 0.25) is 0 Å². The van der Waals surface area contributed by atoms with Gasteiger partial charge >= 0.3 is 5.97 Å². The second-order valence-corrected chi connectivity index (χ2v) is 4.05. The second-order valence-electron chi connectivity index (χ2n) is 3.20. The summed E-state index contributed by atoms with van der Waals surface area (Å²) in [5, 5.41) is 2.29. The van der Waals surface area contributed by atoms with E-state index in [1.165, 1.54) is 13.2 Å². The smallest absolute Gasteiger partial charge is 0.354 e. The Labute approximate surface area is 113 Å². The molecule has 0 aliphatic rings. The first-order valence-electron chi connectivity index (χ1n) is 4.96. The molecule has 1 aromatic rings. The first-order valence-corrected chi connectivity index (χ1v) is 5.75. The number of carbonyl (C=O) groups excluding carboxylic acids is 2. The molecule has 5 nitrogen and oxygen atoms in total. The minimum atomic E-state index is -0.621. The monoisotopic (exact) mass is 313 g/mol. The summed E-state index contributed by atoms with van der Waals surface area (Å²) >= 11 is 3.35. The van der Waals surface area contributed by atoms with Crippen molar-refractivity contribution >= 4 is 34.4 Å². The molecule has 0 saturated carbocycles. The van der Waals surface area contributed by atoms with E-state index in [9.17, 15) is 9.59 Å². The first kappa shape index (κ1) is 14.2. The summed E-state index contributed by atoms with van der Waals surface area (Å²) in [6, 6.07) is 5.24. The molecular formula is C12H12BrNO4. The van der Waals surface area contributed by atoms with Crippen molar-refractivity contribution in [1.29, 1.82) is 0 Å². The molecule has 0 atom stereocenters. The van der Waals surface area contributed by atoms with E-state index in [-0.39, 0.29) is 5.70 Å². The van der Waals surface area contributed by atoms with Crippen LogP contribution in [0.1, 0.15) is 5.56 Å². The average Bonchev–Trinajstić information content (AvgIpc) is 2.39. The third kappa shape index (κ3) is 3.59. The molecule has 1 amide bonds. The minimum absolute atomic E-state index is 0.0540. The predicted molar refractivity (Wildman–Crippen MR) is 69.9 cm³/mol. The van der Waals surface area contributed by atoms with Crippen molar-refractivity contribution in [1.82, 2.24) is 5.32 Å². The van der Waals surface area contributed by atoms with Crippen molar-refractivity contribution in [2.45, 2.75) is 0 Å². The van der Waals surface area contributed by atoms with Crippen molar-refractivity contribution in [3.8, 4) is 5.75 Å². The van der Waals surface area contributed by atoms with Gasteiger partial charge in [0.15, 0.2) is 0 Å². The molecule has 0 fully saturated rings. The van der Waals surface area contributed by atoms with Gasteiger partial charge in [0, 0.05) is 4.47 Å². The van der Waals surface area contributed by atoms with Crippen LogP contribution < -0.4 is 10.1 Å². The fourth-order valence-corrected chi connectivity index (χ4v) is 1.71. The number of hydrogen-bond donors (Lipinski definition) is 1. The molecule has 0 aromatic heterocycles. The van der Waals surface area contributed by atoms with E-state index >= 15 is 0 Å². The van der Waals surface area contributed by atoms with Crippen molar-refractivity contribution < 1.29 is 19.1 Å². The van der Waals surface area contributed by atoms with Gasteiger partial charge in [-0.05, 0) is 23.8 Å². The number of amides is 1. The Balaban J connectivity index is 3.11. The van der Waals surface area contributed by atoms with Gasteiger partial charge in [0.1, 0.15) is 11.4 Å². The number of hydrogen-bond acceptors (Lipinski definition) is 4. The van der Waals surface area contributed by atoms with Crippen LogP contribution in [-0.4, -0.2) is 26.6 Å². The Morgan fingerprint density at radius 3 is 2.61 bits per heavy atom.